The summed E-state index contributed by atoms with van der Waals surface area (Å²) in [6.45, 7) is 4.90. The van der Waals surface area contributed by atoms with Crippen molar-refractivity contribution in [1.82, 2.24) is 15.1 Å². The van der Waals surface area contributed by atoms with Crippen LogP contribution in [-0.4, -0.2) is 52.7 Å². The van der Waals surface area contributed by atoms with Gasteiger partial charge in [-0.25, -0.2) is 0 Å². The molecule has 3 amide bonds. The first kappa shape index (κ1) is 23.7. The molecule has 0 saturated carbocycles. The van der Waals surface area contributed by atoms with Gasteiger partial charge in [0.05, 0.1) is 5.92 Å². The third-order valence-corrected chi connectivity index (χ3v) is 7.06. The normalized spacial score (nSPS) is 16.5. The first-order valence-corrected chi connectivity index (χ1v) is 12.4. The van der Waals surface area contributed by atoms with Gasteiger partial charge in [-0.3, -0.25) is 14.4 Å². The largest absolute Gasteiger partial charge is 0.454 e. The molecule has 3 aromatic rings. The molecule has 1 aromatic heterocycles. The molecule has 0 unspecified atom stereocenters. The fraction of sp³-hybridized carbons (Fsp3) is 0.320. The minimum Gasteiger partial charge on any atom is -0.454 e. The number of hydrogen-bond donors (Lipinski definition) is 2. The van der Waals surface area contributed by atoms with E-state index in [1.807, 2.05) is 32.0 Å². The molecule has 10 nitrogen and oxygen atoms in total. The van der Waals surface area contributed by atoms with Crippen molar-refractivity contribution >= 4 is 40.4 Å². The van der Waals surface area contributed by atoms with Gasteiger partial charge in [0.25, 0.3) is 11.8 Å². The third kappa shape index (κ3) is 5.01. The lowest BCUT2D eigenvalue weighted by atomic mass is 9.96. The van der Waals surface area contributed by atoms with Crippen molar-refractivity contribution in [3.63, 3.8) is 0 Å². The Bertz CT molecular complexity index is 1340. The Kier molecular flexibility index (Phi) is 6.55. The zero-order chi connectivity index (χ0) is 25.2. The van der Waals surface area contributed by atoms with Crippen LogP contribution in [0.2, 0.25) is 0 Å². The number of nitrogens with zero attached hydrogens (tertiary/aromatic N) is 3. The third-order valence-electron chi connectivity index (χ3n) is 6.15. The van der Waals surface area contributed by atoms with Crippen molar-refractivity contribution in [2.75, 3.05) is 30.5 Å². The Balaban J connectivity index is 1.21. The van der Waals surface area contributed by atoms with Crippen LogP contribution in [0, 0.1) is 19.8 Å². The summed E-state index contributed by atoms with van der Waals surface area (Å²) in [7, 11) is 0. The first-order chi connectivity index (χ1) is 17.4. The van der Waals surface area contributed by atoms with Gasteiger partial charge in [0.15, 0.2) is 11.5 Å². The van der Waals surface area contributed by atoms with Crippen LogP contribution in [-0.2, 0) is 4.79 Å². The molecule has 36 heavy (non-hydrogen) atoms. The van der Waals surface area contributed by atoms with Crippen LogP contribution in [0.4, 0.5) is 11.4 Å². The van der Waals surface area contributed by atoms with E-state index in [-0.39, 0.29) is 41.1 Å². The second-order valence-electron chi connectivity index (χ2n) is 8.83. The molecule has 0 bridgehead atoms. The summed E-state index contributed by atoms with van der Waals surface area (Å²) in [4.78, 5) is 40.2. The lowest BCUT2D eigenvalue weighted by Gasteiger charge is -2.31. The van der Waals surface area contributed by atoms with Gasteiger partial charge < -0.3 is 25.0 Å². The number of nitrogens with one attached hydrogen (secondary N) is 2. The van der Waals surface area contributed by atoms with E-state index in [1.165, 1.54) is 0 Å². The summed E-state index contributed by atoms with van der Waals surface area (Å²) in [5.41, 5.74) is 3.41. The van der Waals surface area contributed by atoms with Crippen molar-refractivity contribution in [2.45, 2.75) is 26.7 Å². The van der Waals surface area contributed by atoms with E-state index in [2.05, 4.69) is 20.8 Å². The predicted octanol–water partition coefficient (Wildman–Crippen LogP) is 3.63. The van der Waals surface area contributed by atoms with Crippen molar-refractivity contribution in [3.8, 4) is 11.5 Å². The number of anilines is 2. The zero-order valence-corrected chi connectivity index (χ0v) is 20.7. The summed E-state index contributed by atoms with van der Waals surface area (Å²) in [5, 5.41) is 13.7. The molecular formula is C25H25N5O5S. The standard InChI is InChI=1S/C25H25N5O5S/c1-14-5-7-18(15(2)10-14)27-21(31)16-4-3-9-30(12-16)25(33)24-29-28-23(36-24)22(32)26-17-6-8-19-20(11-17)35-13-34-19/h5-8,10-11,16H,3-4,9,12-13H2,1-2H3,(H,26,32)(H,27,31)/t16-/m1/s1. The summed E-state index contributed by atoms with van der Waals surface area (Å²) in [6.07, 6.45) is 1.40. The highest BCUT2D eigenvalue weighted by atomic mass is 32.1. The number of piperidine rings is 1. The molecule has 11 heteroatoms. The van der Waals surface area contributed by atoms with E-state index < -0.39 is 5.91 Å². The molecule has 5 rings (SSSR count). The molecule has 2 N–H and O–H groups in total. The van der Waals surface area contributed by atoms with Crippen molar-refractivity contribution in [2.24, 2.45) is 5.92 Å². The maximum atomic E-state index is 13.1. The van der Waals surface area contributed by atoms with Gasteiger partial charge in [0.2, 0.25) is 22.7 Å². The SMILES string of the molecule is Cc1ccc(NC(=O)[C@@H]2CCCN(C(=O)c3nnc(C(=O)Nc4ccc5c(c4)OCO5)s3)C2)c(C)c1. The van der Waals surface area contributed by atoms with Gasteiger partial charge in [-0.1, -0.05) is 29.0 Å². The van der Waals surface area contributed by atoms with Crippen LogP contribution in [0.1, 0.15) is 43.6 Å². The topological polar surface area (TPSA) is 123 Å². The zero-order valence-electron chi connectivity index (χ0n) is 19.9. The van der Waals surface area contributed by atoms with Crippen LogP contribution in [0.5, 0.6) is 11.5 Å². The highest BCUT2D eigenvalue weighted by Gasteiger charge is 2.31. The van der Waals surface area contributed by atoms with E-state index in [4.69, 9.17) is 9.47 Å². The molecule has 1 fully saturated rings. The van der Waals surface area contributed by atoms with E-state index in [1.54, 1.807) is 23.1 Å². The summed E-state index contributed by atoms with van der Waals surface area (Å²) < 4.78 is 10.6. The minimum absolute atomic E-state index is 0.0668. The molecule has 1 atom stereocenters. The number of carbonyl (C=O) groups is 3. The van der Waals surface area contributed by atoms with Crippen LogP contribution in [0.15, 0.2) is 36.4 Å². The second kappa shape index (κ2) is 9.94. The highest BCUT2D eigenvalue weighted by Crippen LogP contribution is 2.34. The molecule has 2 aliphatic rings. The molecular weight excluding hydrogens is 482 g/mol. The number of carbonyl (C=O) groups excluding carboxylic acids is 3. The lowest BCUT2D eigenvalue weighted by molar-refractivity contribution is -0.121. The first-order valence-electron chi connectivity index (χ1n) is 11.6. The van der Waals surface area contributed by atoms with E-state index in [0.717, 1.165) is 28.2 Å². The predicted molar refractivity (Wildman–Crippen MR) is 134 cm³/mol. The highest BCUT2D eigenvalue weighted by molar-refractivity contribution is 7.15. The van der Waals surface area contributed by atoms with Gasteiger partial charge in [-0.15, -0.1) is 10.2 Å². The monoisotopic (exact) mass is 507 g/mol. The number of rotatable bonds is 5. The smallest absolute Gasteiger partial charge is 0.286 e. The molecule has 3 heterocycles. The number of hydrogen-bond acceptors (Lipinski definition) is 8. The quantitative estimate of drug-likeness (QED) is 0.541. The summed E-state index contributed by atoms with van der Waals surface area (Å²) >= 11 is 0.921. The fourth-order valence-corrected chi connectivity index (χ4v) is 4.97. The van der Waals surface area contributed by atoms with Crippen LogP contribution in [0.3, 0.4) is 0 Å². The number of likely N-dealkylation sites (tertiary alicyclic amines) is 1. The average Bonchev–Trinajstić information content (AvgIpc) is 3.55. The van der Waals surface area contributed by atoms with Crippen LogP contribution >= 0.6 is 11.3 Å². The Morgan fingerprint density at radius 2 is 1.81 bits per heavy atom. The van der Waals surface area contributed by atoms with Crippen molar-refractivity contribution in [3.05, 3.63) is 57.5 Å². The average molecular weight is 508 g/mol. The van der Waals surface area contributed by atoms with Crippen LogP contribution < -0.4 is 20.1 Å². The van der Waals surface area contributed by atoms with Crippen LogP contribution in [0.25, 0.3) is 0 Å². The van der Waals surface area contributed by atoms with E-state index in [9.17, 15) is 14.4 Å². The van der Waals surface area contributed by atoms with Gasteiger partial charge in [0.1, 0.15) is 0 Å². The number of benzene rings is 2. The number of amides is 3. The number of aryl methyl sites for hydroxylation is 2. The van der Waals surface area contributed by atoms with E-state index >= 15 is 0 Å². The maximum Gasteiger partial charge on any atom is 0.286 e. The van der Waals surface area contributed by atoms with Crippen molar-refractivity contribution in [1.29, 1.82) is 0 Å². The van der Waals surface area contributed by atoms with Crippen molar-refractivity contribution < 1.29 is 23.9 Å². The number of fused-ring (bicyclic) bond motifs is 1. The van der Waals surface area contributed by atoms with Gasteiger partial charge in [-0.2, -0.15) is 0 Å². The molecule has 0 radical (unpaired) electrons. The Morgan fingerprint density at radius 3 is 2.64 bits per heavy atom. The Hall–Kier alpha value is -3.99. The molecule has 0 spiro atoms. The summed E-state index contributed by atoms with van der Waals surface area (Å²) in [5.74, 6) is -0.0967. The minimum atomic E-state index is -0.477. The number of aromatic nitrogens is 2. The summed E-state index contributed by atoms with van der Waals surface area (Å²) in [6, 6.07) is 10.9. The molecule has 0 aliphatic carbocycles. The number of ether oxygens (including phenoxy) is 2. The van der Waals surface area contributed by atoms with Gasteiger partial charge in [0, 0.05) is 30.5 Å². The van der Waals surface area contributed by atoms with Gasteiger partial charge in [-0.05, 0) is 50.5 Å². The molecule has 2 aromatic carbocycles. The lowest BCUT2D eigenvalue weighted by Crippen LogP contribution is -2.43. The maximum absolute atomic E-state index is 13.1. The second-order valence-corrected chi connectivity index (χ2v) is 9.81. The Labute approximate surface area is 211 Å². The molecule has 1 saturated heterocycles. The fourth-order valence-electron chi connectivity index (χ4n) is 4.26. The molecule has 2 aliphatic heterocycles. The Morgan fingerprint density at radius 1 is 1.00 bits per heavy atom. The molecule has 186 valence electrons. The van der Waals surface area contributed by atoms with E-state index in [0.29, 0.717) is 36.6 Å². The van der Waals surface area contributed by atoms with Gasteiger partial charge >= 0.3 is 0 Å².